The summed E-state index contributed by atoms with van der Waals surface area (Å²) < 4.78 is 0. The molecule has 0 aliphatic heterocycles. The van der Waals surface area contributed by atoms with Gasteiger partial charge in [0, 0.05) is 22.8 Å². The van der Waals surface area contributed by atoms with Crippen molar-refractivity contribution >= 4 is 29.2 Å². The molecule has 114 valence electrons. The molecular formula is C16H16ClN3O2. The van der Waals surface area contributed by atoms with Gasteiger partial charge in [-0.05, 0) is 42.3 Å². The van der Waals surface area contributed by atoms with Crippen LogP contribution in [0.25, 0.3) is 0 Å². The molecular weight excluding hydrogens is 302 g/mol. The van der Waals surface area contributed by atoms with Crippen LogP contribution in [0.3, 0.4) is 0 Å². The molecule has 0 spiro atoms. The van der Waals surface area contributed by atoms with E-state index in [1.165, 1.54) is 0 Å². The fraction of sp³-hybridized carbons (Fsp3) is 0.125. The number of nitrogens with one attached hydrogen (secondary N) is 2. The van der Waals surface area contributed by atoms with Gasteiger partial charge in [-0.2, -0.15) is 0 Å². The molecule has 0 saturated carbocycles. The van der Waals surface area contributed by atoms with E-state index in [0.717, 1.165) is 5.56 Å². The topological polar surface area (TPSA) is 84.2 Å². The Morgan fingerprint density at radius 2 is 1.82 bits per heavy atom. The van der Waals surface area contributed by atoms with Crippen molar-refractivity contribution in [1.29, 1.82) is 0 Å². The fourth-order valence-corrected chi connectivity index (χ4v) is 2.08. The number of carbonyl (C=O) groups excluding carboxylic acids is 2. The first-order valence-electron chi connectivity index (χ1n) is 6.74. The highest BCUT2D eigenvalue weighted by atomic mass is 35.5. The summed E-state index contributed by atoms with van der Waals surface area (Å²) in [7, 11) is 0. The van der Waals surface area contributed by atoms with E-state index in [1.54, 1.807) is 24.3 Å². The molecule has 6 heteroatoms. The number of halogens is 1. The lowest BCUT2D eigenvalue weighted by molar-refractivity contribution is 0.0954. The minimum Gasteiger partial charge on any atom is -0.352 e. The molecule has 0 aliphatic carbocycles. The molecule has 0 fully saturated rings. The molecule has 0 aliphatic rings. The number of benzene rings is 2. The molecule has 22 heavy (non-hydrogen) atoms. The van der Waals surface area contributed by atoms with Crippen molar-refractivity contribution in [3.8, 4) is 0 Å². The largest absolute Gasteiger partial charge is 0.352 e. The van der Waals surface area contributed by atoms with Crippen LogP contribution < -0.4 is 16.4 Å². The van der Waals surface area contributed by atoms with Crippen LogP contribution in [0.4, 0.5) is 10.5 Å². The van der Waals surface area contributed by atoms with Crippen molar-refractivity contribution in [2.24, 2.45) is 5.73 Å². The van der Waals surface area contributed by atoms with Gasteiger partial charge in [0.2, 0.25) is 0 Å². The van der Waals surface area contributed by atoms with Gasteiger partial charge in [-0.1, -0.05) is 29.8 Å². The number of hydrogen-bond acceptors (Lipinski definition) is 2. The Labute approximate surface area is 133 Å². The summed E-state index contributed by atoms with van der Waals surface area (Å²) in [5, 5.41) is 5.95. The van der Waals surface area contributed by atoms with Crippen LogP contribution in [0.5, 0.6) is 0 Å². The molecule has 0 radical (unpaired) electrons. The average Bonchev–Trinajstić information content (AvgIpc) is 2.49. The van der Waals surface area contributed by atoms with Crippen molar-refractivity contribution in [2.45, 2.75) is 6.42 Å². The van der Waals surface area contributed by atoms with Crippen molar-refractivity contribution in [3.05, 3.63) is 64.7 Å². The van der Waals surface area contributed by atoms with Crippen LogP contribution in [0, 0.1) is 0 Å². The lowest BCUT2D eigenvalue weighted by Gasteiger charge is -2.07. The van der Waals surface area contributed by atoms with Crippen LogP contribution in [-0.2, 0) is 6.42 Å². The Hall–Kier alpha value is -2.53. The van der Waals surface area contributed by atoms with Gasteiger partial charge in [-0.15, -0.1) is 0 Å². The molecule has 0 atom stereocenters. The number of carbonyl (C=O) groups is 2. The van der Waals surface area contributed by atoms with Crippen LogP contribution in [0.2, 0.25) is 5.02 Å². The highest BCUT2D eigenvalue weighted by Crippen LogP contribution is 2.11. The van der Waals surface area contributed by atoms with Crippen molar-refractivity contribution in [1.82, 2.24) is 5.32 Å². The Morgan fingerprint density at radius 1 is 1.09 bits per heavy atom. The third-order valence-corrected chi connectivity index (χ3v) is 3.26. The van der Waals surface area contributed by atoms with E-state index in [-0.39, 0.29) is 5.91 Å². The second-order valence-corrected chi connectivity index (χ2v) is 5.14. The minimum absolute atomic E-state index is 0.206. The van der Waals surface area contributed by atoms with E-state index < -0.39 is 6.03 Å². The van der Waals surface area contributed by atoms with Gasteiger partial charge in [0.1, 0.15) is 0 Å². The van der Waals surface area contributed by atoms with E-state index in [2.05, 4.69) is 10.6 Å². The van der Waals surface area contributed by atoms with Gasteiger partial charge in [-0.3, -0.25) is 4.79 Å². The zero-order chi connectivity index (χ0) is 15.9. The predicted octanol–water partition coefficient (Wildman–Crippen LogP) is 2.80. The molecule has 3 amide bonds. The third-order valence-electron chi connectivity index (χ3n) is 3.00. The van der Waals surface area contributed by atoms with E-state index >= 15 is 0 Å². The van der Waals surface area contributed by atoms with Gasteiger partial charge >= 0.3 is 6.03 Å². The van der Waals surface area contributed by atoms with E-state index in [4.69, 9.17) is 17.3 Å². The summed E-state index contributed by atoms with van der Waals surface area (Å²) in [6, 6.07) is 13.4. The maximum Gasteiger partial charge on any atom is 0.316 e. The Balaban J connectivity index is 1.89. The normalized spacial score (nSPS) is 10.0. The number of nitrogens with two attached hydrogens (primary N) is 1. The standard InChI is InChI=1S/C16H16ClN3O2/c17-13-6-4-11(5-7-13)8-9-19-15(21)12-2-1-3-14(10-12)20-16(18)22/h1-7,10H,8-9H2,(H,19,21)(H3,18,20,22). The summed E-state index contributed by atoms with van der Waals surface area (Å²) >= 11 is 5.82. The first kappa shape index (κ1) is 15.9. The monoisotopic (exact) mass is 317 g/mol. The Kier molecular flexibility index (Phi) is 5.38. The first-order valence-corrected chi connectivity index (χ1v) is 7.11. The molecule has 0 unspecified atom stereocenters. The summed E-state index contributed by atoms with van der Waals surface area (Å²) in [5.41, 5.74) is 7.08. The maximum absolute atomic E-state index is 12.1. The van der Waals surface area contributed by atoms with Crippen molar-refractivity contribution in [2.75, 3.05) is 11.9 Å². The summed E-state index contributed by atoms with van der Waals surface area (Å²) in [4.78, 5) is 22.9. The van der Waals surface area contributed by atoms with Gasteiger partial charge in [-0.25, -0.2) is 4.79 Å². The molecule has 0 saturated heterocycles. The third kappa shape index (κ3) is 4.79. The minimum atomic E-state index is -0.666. The highest BCUT2D eigenvalue weighted by Gasteiger charge is 2.06. The second kappa shape index (κ2) is 7.47. The Bertz CT molecular complexity index is 671. The molecule has 0 bridgehead atoms. The van der Waals surface area contributed by atoms with Crippen molar-refractivity contribution in [3.63, 3.8) is 0 Å². The zero-order valence-corrected chi connectivity index (χ0v) is 12.6. The summed E-state index contributed by atoms with van der Waals surface area (Å²) in [5.74, 6) is -0.206. The van der Waals surface area contributed by atoms with E-state index in [9.17, 15) is 9.59 Å². The number of hydrogen-bond donors (Lipinski definition) is 3. The number of urea groups is 1. The zero-order valence-electron chi connectivity index (χ0n) is 11.8. The quantitative estimate of drug-likeness (QED) is 0.792. The smallest absolute Gasteiger partial charge is 0.316 e. The molecule has 4 N–H and O–H groups in total. The molecule has 2 aromatic carbocycles. The van der Waals surface area contributed by atoms with E-state index in [1.807, 2.05) is 24.3 Å². The van der Waals surface area contributed by atoms with Gasteiger partial charge in [0.15, 0.2) is 0 Å². The number of amides is 3. The Morgan fingerprint density at radius 3 is 2.50 bits per heavy atom. The molecule has 2 rings (SSSR count). The first-order chi connectivity index (χ1) is 10.5. The van der Waals surface area contributed by atoms with Crippen molar-refractivity contribution < 1.29 is 9.59 Å². The van der Waals surface area contributed by atoms with Crippen LogP contribution in [-0.4, -0.2) is 18.5 Å². The second-order valence-electron chi connectivity index (χ2n) is 4.70. The molecule has 0 heterocycles. The van der Waals surface area contributed by atoms with E-state index in [0.29, 0.717) is 29.2 Å². The van der Waals surface area contributed by atoms with Crippen LogP contribution in [0.1, 0.15) is 15.9 Å². The van der Waals surface area contributed by atoms with Gasteiger partial charge in [0.25, 0.3) is 5.91 Å². The summed E-state index contributed by atoms with van der Waals surface area (Å²) in [6.07, 6.45) is 0.710. The lowest BCUT2D eigenvalue weighted by atomic mass is 10.1. The number of rotatable bonds is 5. The molecule has 2 aromatic rings. The molecule has 0 aromatic heterocycles. The van der Waals surface area contributed by atoms with Crippen LogP contribution in [0.15, 0.2) is 48.5 Å². The predicted molar refractivity (Wildman–Crippen MR) is 87.1 cm³/mol. The number of anilines is 1. The number of primary amides is 1. The lowest BCUT2D eigenvalue weighted by Crippen LogP contribution is -2.26. The fourth-order valence-electron chi connectivity index (χ4n) is 1.95. The van der Waals surface area contributed by atoms with Gasteiger partial charge in [0.05, 0.1) is 0 Å². The summed E-state index contributed by atoms with van der Waals surface area (Å²) in [6.45, 7) is 0.508. The van der Waals surface area contributed by atoms with Crippen LogP contribution >= 0.6 is 11.6 Å². The average molecular weight is 318 g/mol. The maximum atomic E-state index is 12.1. The van der Waals surface area contributed by atoms with Gasteiger partial charge < -0.3 is 16.4 Å². The highest BCUT2D eigenvalue weighted by molar-refractivity contribution is 6.30. The molecule has 5 nitrogen and oxygen atoms in total. The SMILES string of the molecule is NC(=O)Nc1cccc(C(=O)NCCc2ccc(Cl)cc2)c1.